The summed E-state index contributed by atoms with van der Waals surface area (Å²) in [5.41, 5.74) is 0. The molecule has 0 atom stereocenters. The van der Waals surface area contributed by atoms with Crippen molar-refractivity contribution >= 4 is 5.84 Å². The number of amidine groups is 1. The van der Waals surface area contributed by atoms with Gasteiger partial charge in [0.2, 0.25) is 0 Å². The number of piperazine rings is 1. The summed E-state index contributed by atoms with van der Waals surface area (Å²) in [5, 5.41) is 7.47. The van der Waals surface area contributed by atoms with Gasteiger partial charge in [-0.1, -0.05) is 0 Å². The summed E-state index contributed by atoms with van der Waals surface area (Å²) < 4.78 is 0. The van der Waals surface area contributed by atoms with Crippen molar-refractivity contribution in [2.75, 3.05) is 26.2 Å². The fourth-order valence-electron chi connectivity index (χ4n) is 1.57. The first-order chi connectivity index (χ1) is 5.61. The van der Waals surface area contributed by atoms with Crippen LogP contribution in [0, 0.1) is 5.41 Å². The lowest BCUT2D eigenvalue weighted by Crippen LogP contribution is -2.49. The Bertz CT molecular complexity index is 157. The topological polar surface area (TPSA) is 30.3 Å². The monoisotopic (exact) mass is 169 g/mol. The summed E-state index contributed by atoms with van der Waals surface area (Å²) in [6.45, 7) is 10.6. The van der Waals surface area contributed by atoms with Crippen LogP contribution in [0.5, 0.6) is 0 Å². The van der Waals surface area contributed by atoms with Crippen molar-refractivity contribution in [2.45, 2.75) is 26.8 Å². The molecule has 0 saturated carbocycles. The quantitative estimate of drug-likeness (QED) is 0.469. The maximum atomic E-state index is 7.47. The maximum absolute atomic E-state index is 7.47. The largest absolute Gasteiger partial charge is 0.358 e. The average Bonchev–Trinajstić information content (AvgIpc) is 2.04. The molecule has 0 aromatic carbocycles. The third kappa shape index (κ3) is 2.21. The molecule has 0 radical (unpaired) electrons. The van der Waals surface area contributed by atoms with Crippen LogP contribution in [-0.2, 0) is 0 Å². The minimum Gasteiger partial charge on any atom is -0.358 e. The van der Waals surface area contributed by atoms with Gasteiger partial charge < -0.3 is 4.90 Å². The molecule has 70 valence electrons. The van der Waals surface area contributed by atoms with Crippen molar-refractivity contribution in [2.24, 2.45) is 0 Å². The van der Waals surface area contributed by atoms with E-state index < -0.39 is 0 Å². The number of nitrogens with one attached hydrogen (secondary N) is 1. The van der Waals surface area contributed by atoms with E-state index in [1.807, 2.05) is 6.92 Å². The predicted octanol–water partition coefficient (Wildman–Crippen LogP) is 1.01. The molecule has 1 rings (SSSR count). The highest BCUT2D eigenvalue weighted by molar-refractivity contribution is 5.76. The van der Waals surface area contributed by atoms with Crippen LogP contribution in [0.4, 0.5) is 0 Å². The van der Waals surface area contributed by atoms with E-state index in [1.165, 1.54) is 0 Å². The lowest BCUT2D eigenvalue weighted by molar-refractivity contribution is 0.148. The van der Waals surface area contributed by atoms with E-state index >= 15 is 0 Å². The van der Waals surface area contributed by atoms with Crippen LogP contribution < -0.4 is 0 Å². The van der Waals surface area contributed by atoms with E-state index in [9.17, 15) is 0 Å². The minimum atomic E-state index is 0.651. The molecule has 0 aromatic rings. The fourth-order valence-corrected chi connectivity index (χ4v) is 1.57. The van der Waals surface area contributed by atoms with Gasteiger partial charge in [0.15, 0.2) is 0 Å². The molecule has 1 heterocycles. The van der Waals surface area contributed by atoms with Gasteiger partial charge in [0.25, 0.3) is 0 Å². The van der Waals surface area contributed by atoms with Crippen LogP contribution in [0.25, 0.3) is 0 Å². The molecular formula is C9H19N3. The highest BCUT2D eigenvalue weighted by atomic mass is 15.3. The predicted molar refractivity (Wildman–Crippen MR) is 51.7 cm³/mol. The van der Waals surface area contributed by atoms with Gasteiger partial charge in [0.05, 0.1) is 5.84 Å². The van der Waals surface area contributed by atoms with Gasteiger partial charge in [-0.25, -0.2) is 0 Å². The molecule has 0 bridgehead atoms. The van der Waals surface area contributed by atoms with Gasteiger partial charge in [0, 0.05) is 32.2 Å². The normalized spacial score (nSPS) is 20.2. The summed E-state index contributed by atoms with van der Waals surface area (Å²) in [4.78, 5) is 4.60. The fraction of sp³-hybridized carbons (Fsp3) is 0.889. The molecule has 1 aliphatic rings. The number of nitrogens with zero attached hydrogens (tertiary/aromatic N) is 2. The second kappa shape index (κ2) is 3.90. The number of rotatable bonds is 1. The Morgan fingerprint density at radius 3 is 2.00 bits per heavy atom. The Hall–Kier alpha value is -0.570. The Morgan fingerprint density at radius 2 is 1.67 bits per heavy atom. The van der Waals surface area contributed by atoms with Crippen LogP contribution in [0.15, 0.2) is 0 Å². The Morgan fingerprint density at radius 1 is 1.17 bits per heavy atom. The lowest BCUT2D eigenvalue weighted by Gasteiger charge is -2.37. The van der Waals surface area contributed by atoms with Gasteiger partial charge in [-0.3, -0.25) is 10.3 Å². The zero-order valence-electron chi connectivity index (χ0n) is 8.30. The number of hydrogen-bond acceptors (Lipinski definition) is 2. The molecule has 3 heteroatoms. The molecule has 0 amide bonds. The zero-order valence-corrected chi connectivity index (χ0v) is 8.30. The van der Waals surface area contributed by atoms with E-state index in [1.54, 1.807) is 0 Å². The third-order valence-corrected chi connectivity index (χ3v) is 2.52. The van der Waals surface area contributed by atoms with E-state index in [0.29, 0.717) is 11.9 Å². The highest BCUT2D eigenvalue weighted by Gasteiger charge is 2.18. The molecular weight excluding hydrogens is 150 g/mol. The van der Waals surface area contributed by atoms with E-state index in [2.05, 4.69) is 23.6 Å². The number of hydrogen-bond donors (Lipinski definition) is 1. The van der Waals surface area contributed by atoms with Crippen LogP contribution in [-0.4, -0.2) is 47.9 Å². The van der Waals surface area contributed by atoms with Crippen molar-refractivity contribution in [1.82, 2.24) is 9.80 Å². The van der Waals surface area contributed by atoms with Gasteiger partial charge in [0.1, 0.15) is 0 Å². The van der Waals surface area contributed by atoms with Gasteiger partial charge in [-0.2, -0.15) is 0 Å². The smallest absolute Gasteiger partial charge is 0.0926 e. The Labute approximate surface area is 74.9 Å². The van der Waals surface area contributed by atoms with Crippen molar-refractivity contribution in [1.29, 1.82) is 5.41 Å². The SMILES string of the molecule is CC(=N)N1CCN(C(C)C)CC1. The summed E-state index contributed by atoms with van der Waals surface area (Å²) >= 11 is 0. The first kappa shape index (κ1) is 9.52. The minimum absolute atomic E-state index is 0.651. The van der Waals surface area contributed by atoms with Crippen molar-refractivity contribution in [3.63, 3.8) is 0 Å². The molecule has 0 spiro atoms. The molecule has 1 saturated heterocycles. The van der Waals surface area contributed by atoms with Crippen molar-refractivity contribution in [3.05, 3.63) is 0 Å². The average molecular weight is 169 g/mol. The Balaban J connectivity index is 2.34. The Kier molecular flexibility index (Phi) is 3.09. The second-order valence-electron chi connectivity index (χ2n) is 3.70. The van der Waals surface area contributed by atoms with E-state index in [-0.39, 0.29) is 0 Å². The van der Waals surface area contributed by atoms with Gasteiger partial charge in [-0.15, -0.1) is 0 Å². The molecule has 3 nitrogen and oxygen atoms in total. The van der Waals surface area contributed by atoms with E-state index in [0.717, 1.165) is 26.2 Å². The summed E-state index contributed by atoms with van der Waals surface area (Å²) in [7, 11) is 0. The highest BCUT2D eigenvalue weighted by Crippen LogP contribution is 2.05. The van der Waals surface area contributed by atoms with Crippen LogP contribution in [0.3, 0.4) is 0 Å². The molecule has 0 unspecified atom stereocenters. The first-order valence-electron chi connectivity index (χ1n) is 4.65. The first-order valence-corrected chi connectivity index (χ1v) is 4.65. The molecule has 1 fully saturated rings. The summed E-state index contributed by atoms with van der Waals surface area (Å²) in [6, 6.07) is 0.651. The third-order valence-electron chi connectivity index (χ3n) is 2.52. The summed E-state index contributed by atoms with van der Waals surface area (Å²) in [5.74, 6) is 0.707. The molecule has 1 N–H and O–H groups in total. The lowest BCUT2D eigenvalue weighted by atomic mass is 10.2. The van der Waals surface area contributed by atoms with Gasteiger partial charge >= 0.3 is 0 Å². The van der Waals surface area contributed by atoms with Crippen molar-refractivity contribution in [3.8, 4) is 0 Å². The molecule has 0 aliphatic carbocycles. The summed E-state index contributed by atoms with van der Waals surface area (Å²) in [6.07, 6.45) is 0. The molecule has 1 aliphatic heterocycles. The van der Waals surface area contributed by atoms with Crippen LogP contribution >= 0.6 is 0 Å². The maximum Gasteiger partial charge on any atom is 0.0926 e. The van der Waals surface area contributed by atoms with E-state index in [4.69, 9.17) is 5.41 Å². The second-order valence-corrected chi connectivity index (χ2v) is 3.70. The molecule has 12 heavy (non-hydrogen) atoms. The molecule has 0 aromatic heterocycles. The van der Waals surface area contributed by atoms with Gasteiger partial charge in [-0.05, 0) is 20.8 Å². The standard InChI is InChI=1S/C9H19N3/c1-8(2)11-4-6-12(7-5-11)9(3)10/h8,10H,4-7H2,1-3H3. The zero-order chi connectivity index (χ0) is 9.14. The van der Waals surface area contributed by atoms with Crippen LogP contribution in [0.2, 0.25) is 0 Å². The van der Waals surface area contributed by atoms with Crippen LogP contribution in [0.1, 0.15) is 20.8 Å². The van der Waals surface area contributed by atoms with Crippen molar-refractivity contribution < 1.29 is 0 Å².